The van der Waals surface area contributed by atoms with Crippen molar-refractivity contribution in [2.75, 3.05) is 0 Å². The van der Waals surface area contributed by atoms with Gasteiger partial charge in [0.15, 0.2) is 0 Å². The lowest BCUT2D eigenvalue weighted by Crippen LogP contribution is -1.88. The van der Waals surface area contributed by atoms with E-state index in [1.165, 1.54) is 176 Å². The third kappa shape index (κ3) is 17.2. The van der Waals surface area contributed by atoms with E-state index < -0.39 is 0 Å². The maximum Gasteiger partial charge on any atom is 0.0495 e. The molecule has 0 radical (unpaired) electrons. The molecule has 16 aromatic rings. The molecule has 0 fully saturated rings. The summed E-state index contributed by atoms with van der Waals surface area (Å²) < 4.78 is 9.25. The van der Waals surface area contributed by atoms with E-state index in [1.807, 2.05) is 166 Å². The lowest BCUT2D eigenvalue weighted by Gasteiger charge is -2.04. The molecule has 4 heteroatoms. The van der Waals surface area contributed by atoms with Crippen LogP contribution in [0, 0.1) is 0 Å². The van der Waals surface area contributed by atoms with Crippen LogP contribution in [0.25, 0.3) is 132 Å². The molecule has 0 N–H and O–H groups in total. The normalized spacial score (nSPS) is 10.6. The first-order chi connectivity index (χ1) is 53.3. The Hall–Kier alpha value is -10.2. The van der Waals surface area contributed by atoms with Gasteiger partial charge in [0.25, 0.3) is 0 Å². The predicted molar refractivity (Wildman–Crippen MR) is 491 cm³/mol. The Balaban J connectivity index is 0.000000236. The number of rotatable bonds is 0. The summed E-state index contributed by atoms with van der Waals surface area (Å²) >= 11 is 0. The lowest BCUT2D eigenvalue weighted by molar-refractivity contribution is 1.01. The molecule has 4 aromatic heterocycles. The van der Waals surface area contributed by atoms with Crippen LogP contribution in [-0.2, 0) is 53.9 Å². The van der Waals surface area contributed by atoms with Gasteiger partial charge in [-0.2, -0.15) is 0 Å². The summed E-state index contributed by atoms with van der Waals surface area (Å²) in [6.07, 6.45) is 4.23. The minimum absolute atomic E-state index is 1.05. The molecule has 568 valence electrons. The topological polar surface area (TPSA) is 19.7 Å². The van der Waals surface area contributed by atoms with E-state index in [1.54, 1.807) is 0 Å². The van der Waals surface area contributed by atoms with Crippen LogP contribution in [0.3, 0.4) is 0 Å². The van der Waals surface area contributed by atoms with Crippen LogP contribution in [-0.4, -0.2) is 18.3 Å². The van der Waals surface area contributed by atoms with E-state index in [-0.39, 0.29) is 0 Å². The maximum absolute atomic E-state index is 2.40. The Labute approximate surface area is 653 Å². The standard InChI is InChI=1S/4C20H15N.12C2H6/c1-21-19-9-5-4-8-16(19)18-12-17-14(11-20(18)21)10-13-6-2-3-7-15(13)17;1-21-19-9-5-4-8-16(19)18-11-14-10-13-6-2-3-7-15(13)17(14)12-20(18)21;1-21-17-9-5-4-8-16(17)20-18(21)11-10-14-12-13-6-2-3-7-15(13)19(14)20;1-21-18-9-5-4-8-16(18)20-17-12-13-6-2-3-7-14(13)15(17)10-11-19(20)21;12*1-2/h2*2-9,11-12H,10H2,1H3;2*2-11H,12H2,1H3;12*1-2H3. The molecule has 4 heterocycles. The summed E-state index contributed by atoms with van der Waals surface area (Å²) in [4.78, 5) is 0. The van der Waals surface area contributed by atoms with Gasteiger partial charge in [0, 0.05) is 115 Å². The Kier molecular flexibility index (Phi) is 36.2. The lowest BCUT2D eigenvalue weighted by atomic mass is 9.99. The Bertz CT molecular complexity index is 5420. The summed E-state index contributed by atoms with van der Waals surface area (Å²) in [5.74, 6) is 0. The first kappa shape index (κ1) is 88.5. The molecule has 0 saturated carbocycles. The van der Waals surface area contributed by atoms with Gasteiger partial charge < -0.3 is 18.3 Å². The molecular formula is C104H132N4. The number of fused-ring (bicyclic) bond motifs is 26. The van der Waals surface area contributed by atoms with Crippen LogP contribution in [0.2, 0.25) is 0 Å². The van der Waals surface area contributed by atoms with Gasteiger partial charge in [-0.15, -0.1) is 0 Å². The average molecular weight is 1440 g/mol. The highest BCUT2D eigenvalue weighted by Gasteiger charge is 2.26. The van der Waals surface area contributed by atoms with Crippen molar-refractivity contribution in [3.63, 3.8) is 0 Å². The fourth-order valence-electron chi connectivity index (χ4n) is 15.3. The van der Waals surface area contributed by atoms with Gasteiger partial charge in [0.05, 0.1) is 0 Å². The van der Waals surface area contributed by atoms with Gasteiger partial charge in [-0.25, -0.2) is 0 Å². The number of nitrogens with zero attached hydrogens (tertiary/aromatic N) is 4. The largest absolute Gasteiger partial charge is 0.344 e. The molecule has 0 bridgehead atoms. The van der Waals surface area contributed by atoms with Crippen molar-refractivity contribution >= 4 is 87.2 Å². The second kappa shape index (κ2) is 44.2. The van der Waals surface area contributed by atoms with Gasteiger partial charge >= 0.3 is 0 Å². The van der Waals surface area contributed by atoms with Crippen LogP contribution in [0.1, 0.15) is 211 Å². The third-order valence-electron chi connectivity index (χ3n) is 19.3. The van der Waals surface area contributed by atoms with Gasteiger partial charge in [0.2, 0.25) is 0 Å². The van der Waals surface area contributed by atoms with E-state index in [0.29, 0.717) is 0 Å². The maximum atomic E-state index is 2.40. The zero-order valence-corrected chi connectivity index (χ0v) is 71.7. The quantitative estimate of drug-likeness (QED) is 0.144. The van der Waals surface area contributed by atoms with Gasteiger partial charge in [0.1, 0.15) is 0 Å². The molecule has 0 aliphatic heterocycles. The highest BCUT2D eigenvalue weighted by molar-refractivity contribution is 6.17. The van der Waals surface area contributed by atoms with Crippen molar-refractivity contribution in [2.45, 2.75) is 192 Å². The Morgan fingerprint density at radius 2 is 0.472 bits per heavy atom. The minimum atomic E-state index is 1.05. The summed E-state index contributed by atoms with van der Waals surface area (Å²) in [6, 6.07) is 88.6. The monoisotopic (exact) mass is 1440 g/mol. The molecule has 0 amide bonds. The third-order valence-corrected chi connectivity index (χ3v) is 19.3. The molecule has 0 saturated heterocycles. The highest BCUT2D eigenvalue weighted by Crippen LogP contribution is 2.47. The first-order valence-corrected chi connectivity index (χ1v) is 41.7. The van der Waals surface area contributed by atoms with Crippen LogP contribution >= 0.6 is 0 Å². The molecular weight excluding hydrogens is 1310 g/mol. The molecule has 0 spiro atoms. The predicted octanol–water partition coefficient (Wildman–Crippen LogP) is 31.9. The molecule has 4 nitrogen and oxygen atoms in total. The molecule has 12 aromatic carbocycles. The molecule has 4 aliphatic rings. The van der Waals surface area contributed by atoms with E-state index in [4.69, 9.17) is 0 Å². The van der Waals surface area contributed by atoms with E-state index in [0.717, 1.165) is 25.7 Å². The first-order valence-electron chi connectivity index (χ1n) is 41.7. The Morgan fingerprint density at radius 3 is 0.935 bits per heavy atom. The van der Waals surface area contributed by atoms with Crippen LogP contribution < -0.4 is 0 Å². The number of hydrogen-bond donors (Lipinski definition) is 0. The molecule has 0 atom stereocenters. The molecule has 0 unspecified atom stereocenters. The zero-order chi connectivity index (χ0) is 79.9. The fourth-order valence-corrected chi connectivity index (χ4v) is 15.3. The van der Waals surface area contributed by atoms with E-state index in [9.17, 15) is 0 Å². The van der Waals surface area contributed by atoms with Crippen molar-refractivity contribution in [1.29, 1.82) is 0 Å². The van der Waals surface area contributed by atoms with Crippen molar-refractivity contribution in [3.05, 3.63) is 287 Å². The number of para-hydroxylation sites is 4. The zero-order valence-electron chi connectivity index (χ0n) is 71.7. The van der Waals surface area contributed by atoms with Gasteiger partial charge in [-0.3, -0.25) is 0 Å². The summed E-state index contributed by atoms with van der Waals surface area (Å²) in [5, 5.41) is 11.0. The minimum Gasteiger partial charge on any atom is -0.344 e. The molecule has 108 heavy (non-hydrogen) atoms. The number of aromatic nitrogens is 4. The van der Waals surface area contributed by atoms with Crippen LogP contribution in [0.15, 0.2) is 243 Å². The van der Waals surface area contributed by atoms with Gasteiger partial charge in [-0.1, -0.05) is 348 Å². The summed E-state index contributed by atoms with van der Waals surface area (Å²) in [6.45, 7) is 48.0. The fraction of sp³-hybridized carbons (Fsp3) is 0.308. The number of aryl methyl sites for hydroxylation is 4. The van der Waals surface area contributed by atoms with Crippen molar-refractivity contribution in [1.82, 2.24) is 18.3 Å². The number of benzene rings is 12. The van der Waals surface area contributed by atoms with Crippen molar-refractivity contribution < 1.29 is 0 Å². The van der Waals surface area contributed by atoms with E-state index in [2.05, 4.69) is 289 Å². The smallest absolute Gasteiger partial charge is 0.0495 e. The van der Waals surface area contributed by atoms with Crippen LogP contribution in [0.5, 0.6) is 0 Å². The Morgan fingerprint density at radius 1 is 0.176 bits per heavy atom. The van der Waals surface area contributed by atoms with Crippen molar-refractivity contribution in [3.8, 4) is 44.5 Å². The van der Waals surface area contributed by atoms with Crippen LogP contribution in [0.4, 0.5) is 0 Å². The number of hydrogen-bond acceptors (Lipinski definition) is 0. The second-order valence-electron chi connectivity index (χ2n) is 23.7. The summed E-state index contributed by atoms with van der Waals surface area (Å²) in [5.41, 5.74) is 33.5. The highest BCUT2D eigenvalue weighted by atomic mass is 15.0. The molecule has 4 aliphatic carbocycles. The SMILES string of the molecule is CC.CC.CC.CC.CC.CC.CC.CC.CC.CC.CC.CC.Cn1c2ccccc2c2c3c(ccc21)-c1ccccc1C3.Cn1c2ccccc2c2c3c(ccc21)Cc1ccccc1-3.Cn1c2ccccc2c2cc3c(cc21)-c1ccccc1C3.Cn1c2ccccc2c2cc3c(cc21)Cc1ccccc1-3. The van der Waals surface area contributed by atoms with Crippen molar-refractivity contribution in [2.24, 2.45) is 28.2 Å². The molecule has 20 rings (SSSR count). The van der Waals surface area contributed by atoms with Gasteiger partial charge in [-0.05, 0) is 175 Å². The average Bonchev–Trinajstić information content (AvgIpc) is 1.60. The van der Waals surface area contributed by atoms with E-state index >= 15 is 0 Å². The second-order valence-corrected chi connectivity index (χ2v) is 23.7. The summed E-state index contributed by atoms with van der Waals surface area (Å²) in [7, 11) is 8.66.